The molecule has 0 aliphatic heterocycles. The van der Waals surface area contributed by atoms with Crippen molar-refractivity contribution < 1.29 is 9.84 Å². The smallest absolute Gasteiger partial charge is 0.137 e. The van der Waals surface area contributed by atoms with Crippen molar-refractivity contribution in [2.75, 3.05) is 13.7 Å². The Balaban J connectivity index is 2.30. The first-order valence-electron chi connectivity index (χ1n) is 4.41. The summed E-state index contributed by atoms with van der Waals surface area (Å²) in [6, 6.07) is 1.95. The Morgan fingerprint density at radius 1 is 1.54 bits per heavy atom. The normalized spacial score (nSPS) is 18.3. The molecule has 0 spiro atoms. The number of aliphatic hydroxyl groups excluding tert-OH is 1. The fourth-order valence-electron chi connectivity index (χ4n) is 1.51. The minimum absolute atomic E-state index is 0.0124. The van der Waals surface area contributed by atoms with Gasteiger partial charge in [-0.25, -0.2) is 0 Å². The number of methoxy groups -OCH3 is 1. The standard InChI is InChI=1S/C10H13NO2/c1-13-9-4-8(5-11-6-9)10(7-12)2-3-10/h4-6,12H,2-3,7H2,1H3. The van der Waals surface area contributed by atoms with Crippen LogP contribution >= 0.6 is 0 Å². The molecule has 1 aliphatic rings. The Bertz CT molecular complexity index is 308. The zero-order chi connectivity index (χ0) is 9.31. The molecule has 0 unspecified atom stereocenters. The van der Waals surface area contributed by atoms with Crippen LogP contribution in [0, 0.1) is 0 Å². The van der Waals surface area contributed by atoms with Gasteiger partial charge in [-0.2, -0.15) is 0 Å². The van der Waals surface area contributed by atoms with E-state index in [-0.39, 0.29) is 12.0 Å². The Labute approximate surface area is 77.4 Å². The molecule has 3 nitrogen and oxygen atoms in total. The number of ether oxygens (including phenoxy) is 1. The Kier molecular flexibility index (Phi) is 1.96. The summed E-state index contributed by atoms with van der Waals surface area (Å²) in [6.07, 6.45) is 5.60. The van der Waals surface area contributed by atoms with E-state index in [1.807, 2.05) is 12.3 Å². The van der Waals surface area contributed by atoms with Crippen molar-refractivity contribution in [1.82, 2.24) is 4.98 Å². The molecule has 1 aromatic rings. The first-order chi connectivity index (χ1) is 6.30. The van der Waals surface area contributed by atoms with Gasteiger partial charge in [0.05, 0.1) is 19.9 Å². The number of hydrogen-bond acceptors (Lipinski definition) is 3. The maximum atomic E-state index is 9.20. The first kappa shape index (κ1) is 8.51. The van der Waals surface area contributed by atoms with Crippen molar-refractivity contribution in [2.45, 2.75) is 18.3 Å². The van der Waals surface area contributed by atoms with E-state index in [2.05, 4.69) is 4.98 Å². The van der Waals surface area contributed by atoms with Crippen molar-refractivity contribution in [2.24, 2.45) is 0 Å². The fourth-order valence-corrected chi connectivity index (χ4v) is 1.51. The minimum Gasteiger partial charge on any atom is -0.495 e. The minimum atomic E-state index is -0.0124. The van der Waals surface area contributed by atoms with E-state index in [0.717, 1.165) is 24.2 Å². The molecule has 0 atom stereocenters. The van der Waals surface area contributed by atoms with E-state index in [0.29, 0.717) is 0 Å². The van der Waals surface area contributed by atoms with Gasteiger partial charge in [-0.15, -0.1) is 0 Å². The molecule has 1 aliphatic carbocycles. The predicted molar refractivity (Wildman–Crippen MR) is 48.8 cm³/mol. The van der Waals surface area contributed by atoms with E-state index in [9.17, 15) is 5.11 Å². The molecular formula is C10H13NO2. The van der Waals surface area contributed by atoms with Gasteiger partial charge in [-0.05, 0) is 24.5 Å². The summed E-state index contributed by atoms with van der Waals surface area (Å²) in [5, 5.41) is 9.20. The van der Waals surface area contributed by atoms with Gasteiger partial charge in [-0.1, -0.05) is 0 Å². The summed E-state index contributed by atoms with van der Waals surface area (Å²) in [6.45, 7) is 0.210. The Morgan fingerprint density at radius 3 is 2.85 bits per heavy atom. The molecular weight excluding hydrogens is 166 g/mol. The molecule has 0 radical (unpaired) electrons. The van der Waals surface area contributed by atoms with Gasteiger partial charge < -0.3 is 9.84 Å². The summed E-state index contributed by atoms with van der Waals surface area (Å²) < 4.78 is 5.08. The molecule has 13 heavy (non-hydrogen) atoms. The van der Waals surface area contributed by atoms with Crippen molar-refractivity contribution in [1.29, 1.82) is 0 Å². The van der Waals surface area contributed by atoms with Gasteiger partial charge in [0.2, 0.25) is 0 Å². The Morgan fingerprint density at radius 2 is 2.31 bits per heavy atom. The molecule has 0 amide bonds. The predicted octanol–water partition coefficient (Wildman–Crippen LogP) is 1.11. The quantitative estimate of drug-likeness (QED) is 0.755. The van der Waals surface area contributed by atoms with Crippen LogP contribution in [-0.4, -0.2) is 23.8 Å². The number of nitrogens with zero attached hydrogens (tertiary/aromatic N) is 1. The second-order valence-electron chi connectivity index (χ2n) is 3.55. The molecule has 1 aromatic heterocycles. The van der Waals surface area contributed by atoms with Crippen LogP contribution in [-0.2, 0) is 5.41 Å². The highest BCUT2D eigenvalue weighted by Gasteiger charge is 2.44. The van der Waals surface area contributed by atoms with E-state index in [1.165, 1.54) is 0 Å². The van der Waals surface area contributed by atoms with Gasteiger partial charge >= 0.3 is 0 Å². The number of pyridine rings is 1. The highest BCUT2D eigenvalue weighted by Crippen LogP contribution is 2.47. The summed E-state index contributed by atoms with van der Waals surface area (Å²) in [4.78, 5) is 4.07. The second-order valence-corrected chi connectivity index (χ2v) is 3.55. The molecule has 1 fully saturated rings. The van der Waals surface area contributed by atoms with Gasteiger partial charge in [0.15, 0.2) is 0 Å². The summed E-state index contributed by atoms with van der Waals surface area (Å²) in [5.74, 6) is 0.761. The number of hydrogen-bond donors (Lipinski definition) is 1. The molecule has 3 heteroatoms. The van der Waals surface area contributed by atoms with Gasteiger partial charge in [0.25, 0.3) is 0 Å². The third-order valence-corrected chi connectivity index (χ3v) is 2.72. The van der Waals surface area contributed by atoms with Crippen LogP contribution in [0.1, 0.15) is 18.4 Å². The van der Waals surface area contributed by atoms with Crippen LogP contribution in [0.5, 0.6) is 5.75 Å². The fraction of sp³-hybridized carbons (Fsp3) is 0.500. The number of aliphatic hydroxyl groups is 1. The van der Waals surface area contributed by atoms with E-state index < -0.39 is 0 Å². The van der Waals surface area contributed by atoms with E-state index in [1.54, 1.807) is 13.3 Å². The highest BCUT2D eigenvalue weighted by atomic mass is 16.5. The summed E-state index contributed by atoms with van der Waals surface area (Å²) >= 11 is 0. The average molecular weight is 179 g/mol. The van der Waals surface area contributed by atoms with Gasteiger partial charge in [-0.3, -0.25) is 4.98 Å². The molecule has 0 saturated heterocycles. The zero-order valence-electron chi connectivity index (χ0n) is 7.66. The molecule has 0 aromatic carbocycles. The lowest BCUT2D eigenvalue weighted by atomic mass is 9.99. The molecule has 1 N–H and O–H groups in total. The first-order valence-corrected chi connectivity index (χ1v) is 4.41. The van der Waals surface area contributed by atoms with Crippen LogP contribution in [0.3, 0.4) is 0 Å². The lowest BCUT2D eigenvalue weighted by Gasteiger charge is -2.11. The van der Waals surface area contributed by atoms with Gasteiger partial charge in [0.1, 0.15) is 5.75 Å². The maximum absolute atomic E-state index is 9.20. The van der Waals surface area contributed by atoms with Crippen molar-refractivity contribution in [3.8, 4) is 5.75 Å². The van der Waals surface area contributed by atoms with Crippen molar-refractivity contribution in [3.63, 3.8) is 0 Å². The van der Waals surface area contributed by atoms with E-state index in [4.69, 9.17) is 4.74 Å². The lowest BCUT2D eigenvalue weighted by molar-refractivity contribution is 0.254. The largest absolute Gasteiger partial charge is 0.495 e. The summed E-state index contributed by atoms with van der Waals surface area (Å²) in [7, 11) is 1.62. The molecule has 1 saturated carbocycles. The van der Waals surface area contributed by atoms with Crippen molar-refractivity contribution in [3.05, 3.63) is 24.0 Å². The monoisotopic (exact) mass is 179 g/mol. The lowest BCUT2D eigenvalue weighted by Crippen LogP contribution is -2.12. The number of rotatable bonds is 3. The number of aromatic nitrogens is 1. The van der Waals surface area contributed by atoms with Crippen LogP contribution < -0.4 is 4.74 Å². The van der Waals surface area contributed by atoms with Crippen LogP contribution in [0.15, 0.2) is 18.5 Å². The molecule has 2 rings (SSSR count). The van der Waals surface area contributed by atoms with E-state index >= 15 is 0 Å². The van der Waals surface area contributed by atoms with Gasteiger partial charge in [0, 0.05) is 11.6 Å². The topological polar surface area (TPSA) is 42.4 Å². The SMILES string of the molecule is COc1cncc(C2(CO)CC2)c1. The highest BCUT2D eigenvalue weighted by molar-refractivity contribution is 5.34. The van der Waals surface area contributed by atoms with Crippen LogP contribution in [0.4, 0.5) is 0 Å². The maximum Gasteiger partial charge on any atom is 0.137 e. The zero-order valence-corrected chi connectivity index (χ0v) is 7.66. The van der Waals surface area contributed by atoms with Crippen molar-refractivity contribution >= 4 is 0 Å². The third-order valence-electron chi connectivity index (χ3n) is 2.72. The third kappa shape index (κ3) is 1.40. The average Bonchev–Trinajstić information content (AvgIpc) is 2.99. The molecule has 70 valence electrons. The summed E-state index contributed by atoms with van der Waals surface area (Å²) in [5.41, 5.74) is 1.08. The second kappa shape index (κ2) is 3.00. The van der Waals surface area contributed by atoms with Crippen LogP contribution in [0.25, 0.3) is 0 Å². The molecule has 0 bridgehead atoms. The van der Waals surface area contributed by atoms with Crippen LogP contribution in [0.2, 0.25) is 0 Å². The molecule has 1 heterocycles. The Hall–Kier alpha value is -1.09.